The van der Waals surface area contributed by atoms with Crippen molar-refractivity contribution in [3.05, 3.63) is 69.9 Å². The van der Waals surface area contributed by atoms with Crippen LogP contribution in [0, 0.1) is 13.8 Å². The Kier molecular flexibility index (Phi) is 3.03. The quantitative estimate of drug-likeness (QED) is 0.610. The van der Waals surface area contributed by atoms with Crippen LogP contribution in [0.25, 0.3) is 22.3 Å². The standard InChI is InChI=1S/C17H14O3/c1-11-9-15-7-5-13(19-15)3-4-14-6-8-16(20-14)10-12(2)17(11)18/h3-10H,1-2H3. The van der Waals surface area contributed by atoms with Crippen LogP contribution in [-0.2, 0) is 0 Å². The monoisotopic (exact) mass is 266 g/mol. The molecule has 0 saturated carbocycles. The molecule has 0 atom stereocenters. The van der Waals surface area contributed by atoms with Crippen LogP contribution >= 0.6 is 0 Å². The van der Waals surface area contributed by atoms with Crippen molar-refractivity contribution in [1.29, 1.82) is 0 Å². The summed E-state index contributed by atoms with van der Waals surface area (Å²) in [6, 6.07) is 14.6. The summed E-state index contributed by atoms with van der Waals surface area (Å²) in [4.78, 5) is 12.2. The van der Waals surface area contributed by atoms with Crippen LogP contribution < -0.4 is 5.43 Å². The highest BCUT2D eigenvalue weighted by Gasteiger charge is 1.97. The number of fused-ring (bicyclic) bond motifs is 4. The minimum Gasteiger partial charge on any atom is -0.457 e. The molecular weight excluding hydrogens is 252 g/mol. The molecule has 0 aliphatic carbocycles. The van der Waals surface area contributed by atoms with Gasteiger partial charge in [-0.05, 0) is 62.4 Å². The second-order valence-corrected chi connectivity index (χ2v) is 4.80. The zero-order chi connectivity index (χ0) is 14.1. The highest BCUT2D eigenvalue weighted by Crippen LogP contribution is 2.13. The van der Waals surface area contributed by atoms with Gasteiger partial charge in [0, 0.05) is 11.1 Å². The number of hydrogen-bond acceptors (Lipinski definition) is 3. The van der Waals surface area contributed by atoms with Gasteiger partial charge >= 0.3 is 0 Å². The average Bonchev–Trinajstić information content (AvgIpc) is 3.04. The van der Waals surface area contributed by atoms with E-state index in [2.05, 4.69) is 0 Å². The molecule has 0 spiro atoms. The molecule has 3 aromatic heterocycles. The summed E-state index contributed by atoms with van der Waals surface area (Å²) in [5, 5.41) is 0. The van der Waals surface area contributed by atoms with Crippen molar-refractivity contribution in [2.45, 2.75) is 13.8 Å². The van der Waals surface area contributed by atoms with Crippen molar-refractivity contribution in [3.8, 4) is 0 Å². The van der Waals surface area contributed by atoms with E-state index in [-0.39, 0.29) is 5.43 Å². The largest absolute Gasteiger partial charge is 0.457 e. The molecule has 0 aliphatic heterocycles. The fraction of sp³-hybridized carbons (Fsp3) is 0.118. The third-order valence-electron chi connectivity index (χ3n) is 3.14. The van der Waals surface area contributed by atoms with E-state index in [1.54, 1.807) is 26.0 Å². The van der Waals surface area contributed by atoms with Gasteiger partial charge in [0.1, 0.15) is 22.3 Å². The van der Waals surface area contributed by atoms with Crippen LogP contribution in [0.5, 0.6) is 0 Å². The average molecular weight is 266 g/mol. The third kappa shape index (κ3) is 2.43. The van der Waals surface area contributed by atoms with E-state index in [1.165, 1.54) is 0 Å². The number of rotatable bonds is 0. The SMILES string of the molecule is Cc1cc2ccc(ccc3ccc(cc(C)c1=O)o3)o2. The number of hydrogen-bond donors (Lipinski definition) is 0. The molecule has 0 amide bonds. The van der Waals surface area contributed by atoms with Crippen molar-refractivity contribution in [1.82, 2.24) is 0 Å². The fourth-order valence-corrected chi connectivity index (χ4v) is 2.10. The van der Waals surface area contributed by atoms with Crippen LogP contribution in [0.3, 0.4) is 0 Å². The molecular formula is C17H14O3. The Hall–Kier alpha value is -2.55. The topological polar surface area (TPSA) is 43.4 Å². The molecule has 0 saturated heterocycles. The van der Waals surface area contributed by atoms with E-state index in [4.69, 9.17) is 8.83 Å². The second kappa shape index (κ2) is 4.85. The van der Waals surface area contributed by atoms with Gasteiger partial charge in [0.2, 0.25) is 0 Å². The molecule has 0 N–H and O–H groups in total. The smallest absolute Gasteiger partial charge is 0.184 e. The second-order valence-electron chi connectivity index (χ2n) is 4.80. The van der Waals surface area contributed by atoms with Gasteiger partial charge in [-0.25, -0.2) is 0 Å². The molecule has 3 aromatic rings. The normalized spacial score (nSPS) is 10.7. The number of furan rings is 2. The molecule has 4 bridgehead atoms. The van der Waals surface area contributed by atoms with Gasteiger partial charge in [-0.1, -0.05) is 0 Å². The highest BCUT2D eigenvalue weighted by molar-refractivity contribution is 5.58. The van der Waals surface area contributed by atoms with Crippen LogP contribution in [0.15, 0.2) is 62.2 Å². The Labute approximate surface area is 115 Å². The lowest BCUT2D eigenvalue weighted by Gasteiger charge is -1.87. The predicted octanol–water partition coefficient (Wildman–Crippen LogP) is 4.28. The fourth-order valence-electron chi connectivity index (χ4n) is 2.10. The van der Waals surface area contributed by atoms with Gasteiger partial charge in [0.15, 0.2) is 5.43 Å². The molecule has 3 nitrogen and oxygen atoms in total. The van der Waals surface area contributed by atoms with Crippen LogP contribution in [0.1, 0.15) is 11.1 Å². The summed E-state index contributed by atoms with van der Waals surface area (Å²) < 4.78 is 11.2. The zero-order valence-corrected chi connectivity index (χ0v) is 11.3. The maximum Gasteiger partial charge on any atom is 0.184 e. The van der Waals surface area contributed by atoms with E-state index in [9.17, 15) is 4.79 Å². The first kappa shape index (κ1) is 12.5. The minimum atomic E-state index is -0.0203. The van der Waals surface area contributed by atoms with E-state index < -0.39 is 0 Å². The molecule has 0 radical (unpaired) electrons. The van der Waals surface area contributed by atoms with Crippen LogP contribution in [0.2, 0.25) is 0 Å². The van der Waals surface area contributed by atoms with E-state index in [0.717, 1.165) is 11.2 Å². The van der Waals surface area contributed by atoms with E-state index in [1.807, 2.05) is 36.4 Å². The first-order valence-electron chi connectivity index (χ1n) is 6.41. The molecule has 20 heavy (non-hydrogen) atoms. The van der Waals surface area contributed by atoms with Crippen molar-refractivity contribution < 1.29 is 8.83 Å². The Morgan fingerprint density at radius 2 is 1.00 bits per heavy atom. The summed E-state index contributed by atoms with van der Waals surface area (Å²) in [6.07, 6.45) is 0. The van der Waals surface area contributed by atoms with Gasteiger partial charge in [0.25, 0.3) is 0 Å². The molecule has 3 rings (SSSR count). The Balaban J connectivity index is 2.48. The first-order valence-corrected chi connectivity index (χ1v) is 6.41. The zero-order valence-electron chi connectivity index (χ0n) is 11.3. The predicted molar refractivity (Wildman–Crippen MR) is 79.4 cm³/mol. The van der Waals surface area contributed by atoms with Crippen molar-refractivity contribution in [3.63, 3.8) is 0 Å². The Bertz CT molecular complexity index is 826. The summed E-state index contributed by atoms with van der Waals surface area (Å²) in [5.41, 5.74) is 4.03. The van der Waals surface area contributed by atoms with Gasteiger partial charge < -0.3 is 8.83 Å². The maximum atomic E-state index is 12.2. The lowest BCUT2D eigenvalue weighted by Crippen LogP contribution is -2.04. The van der Waals surface area contributed by atoms with Crippen LogP contribution in [0.4, 0.5) is 0 Å². The Morgan fingerprint density at radius 3 is 1.40 bits per heavy atom. The minimum absolute atomic E-state index is 0.0203. The molecule has 0 aromatic carbocycles. The molecule has 3 heterocycles. The van der Waals surface area contributed by atoms with E-state index in [0.29, 0.717) is 22.3 Å². The van der Waals surface area contributed by atoms with E-state index >= 15 is 0 Å². The maximum absolute atomic E-state index is 12.2. The highest BCUT2D eigenvalue weighted by atomic mass is 16.3. The van der Waals surface area contributed by atoms with Crippen molar-refractivity contribution in [2.24, 2.45) is 0 Å². The van der Waals surface area contributed by atoms with Gasteiger partial charge in [-0.15, -0.1) is 0 Å². The molecule has 0 unspecified atom stereocenters. The summed E-state index contributed by atoms with van der Waals surface area (Å²) >= 11 is 0. The third-order valence-corrected chi connectivity index (χ3v) is 3.14. The molecule has 100 valence electrons. The van der Waals surface area contributed by atoms with Crippen LogP contribution in [-0.4, -0.2) is 0 Å². The lowest BCUT2D eigenvalue weighted by atomic mass is 10.2. The molecule has 0 fully saturated rings. The van der Waals surface area contributed by atoms with Gasteiger partial charge in [-0.2, -0.15) is 0 Å². The molecule has 3 heteroatoms. The summed E-state index contributed by atoms with van der Waals surface area (Å²) in [7, 11) is 0. The van der Waals surface area contributed by atoms with Gasteiger partial charge in [-0.3, -0.25) is 4.79 Å². The summed E-state index contributed by atoms with van der Waals surface area (Å²) in [6.45, 7) is 3.57. The van der Waals surface area contributed by atoms with Crippen molar-refractivity contribution in [2.75, 3.05) is 0 Å². The molecule has 0 aliphatic rings. The van der Waals surface area contributed by atoms with Crippen molar-refractivity contribution >= 4 is 22.3 Å². The Morgan fingerprint density at radius 1 is 0.650 bits per heavy atom. The summed E-state index contributed by atoms with van der Waals surface area (Å²) in [5.74, 6) is 0. The number of aryl methyl sites for hydroxylation is 2. The first-order chi connectivity index (χ1) is 9.61. The van der Waals surface area contributed by atoms with Gasteiger partial charge in [0.05, 0.1) is 0 Å². The lowest BCUT2D eigenvalue weighted by molar-refractivity contribution is 0.660.